The van der Waals surface area contributed by atoms with E-state index in [1.54, 1.807) is 6.08 Å². The van der Waals surface area contributed by atoms with Crippen molar-refractivity contribution in [3.05, 3.63) is 48.6 Å². The first kappa shape index (κ1) is 22.4. The van der Waals surface area contributed by atoms with Gasteiger partial charge in [-0.25, -0.2) is 0 Å². The van der Waals surface area contributed by atoms with Crippen LogP contribution in [0.15, 0.2) is 48.6 Å². The normalized spacial score (nSPS) is 13.8. The molecular formula is C20H32O4. The van der Waals surface area contributed by atoms with Crippen LogP contribution in [-0.4, -0.2) is 34.0 Å². The van der Waals surface area contributed by atoms with E-state index in [9.17, 15) is 9.90 Å². The molecule has 0 heterocycles. The van der Waals surface area contributed by atoms with E-state index < -0.39 is 12.1 Å². The van der Waals surface area contributed by atoms with Crippen molar-refractivity contribution in [1.82, 2.24) is 0 Å². The van der Waals surface area contributed by atoms with Gasteiger partial charge in [-0.15, -0.1) is 0 Å². The van der Waals surface area contributed by atoms with E-state index in [4.69, 9.17) is 10.2 Å². The van der Waals surface area contributed by atoms with Crippen molar-refractivity contribution >= 4 is 5.97 Å². The molecule has 0 fully saturated rings. The van der Waals surface area contributed by atoms with Gasteiger partial charge < -0.3 is 15.3 Å². The molecule has 24 heavy (non-hydrogen) atoms. The summed E-state index contributed by atoms with van der Waals surface area (Å²) in [5, 5.41) is 26.9. The van der Waals surface area contributed by atoms with E-state index in [0.717, 1.165) is 38.5 Å². The molecule has 0 aromatic rings. The average Bonchev–Trinajstić information content (AvgIpc) is 2.55. The number of aliphatic hydroxyl groups excluding tert-OH is 2. The van der Waals surface area contributed by atoms with Crippen molar-refractivity contribution < 1.29 is 20.1 Å². The van der Waals surface area contributed by atoms with Crippen molar-refractivity contribution in [2.45, 2.75) is 63.9 Å². The standard InChI is InChI=1S/C20H32O4/c21-18-14-10-6-5-8-12-16-19(22)15-11-7-3-1-2-4-9-13-17-20(23)24/h2-4,7-8,11-12,15,19,21-22H,1,5-6,9-10,13-14,16-18H2,(H,23,24)/b4-2-,7-3-,12-8-,15-11+/t19-/m1/s1. The maximum atomic E-state index is 10.3. The Labute approximate surface area is 145 Å². The number of carbonyl (C=O) groups is 1. The molecule has 4 nitrogen and oxygen atoms in total. The molecule has 4 heteroatoms. The predicted octanol–water partition coefficient (Wildman–Crippen LogP) is 4.16. The summed E-state index contributed by atoms with van der Waals surface area (Å²) in [4.78, 5) is 10.3. The fourth-order valence-corrected chi connectivity index (χ4v) is 2.00. The van der Waals surface area contributed by atoms with Gasteiger partial charge in [-0.05, 0) is 44.9 Å². The largest absolute Gasteiger partial charge is 0.481 e. The molecule has 0 saturated heterocycles. The van der Waals surface area contributed by atoms with Gasteiger partial charge in [0.2, 0.25) is 0 Å². The number of hydrogen-bond acceptors (Lipinski definition) is 3. The topological polar surface area (TPSA) is 77.8 Å². The van der Waals surface area contributed by atoms with Crippen LogP contribution in [0.1, 0.15) is 57.8 Å². The summed E-state index contributed by atoms with van der Waals surface area (Å²) in [6.07, 6.45) is 22.2. The smallest absolute Gasteiger partial charge is 0.303 e. The molecule has 1 atom stereocenters. The first-order valence-corrected chi connectivity index (χ1v) is 8.81. The Kier molecular flexibility index (Phi) is 16.5. The molecule has 3 N–H and O–H groups in total. The molecule has 0 bridgehead atoms. The van der Waals surface area contributed by atoms with Gasteiger partial charge in [-0.2, -0.15) is 0 Å². The molecular weight excluding hydrogens is 304 g/mol. The zero-order valence-corrected chi connectivity index (χ0v) is 14.5. The highest BCUT2D eigenvalue weighted by atomic mass is 16.4. The minimum atomic E-state index is -0.747. The Bertz CT molecular complexity index is 408. The molecule has 136 valence electrons. The maximum absolute atomic E-state index is 10.3. The van der Waals surface area contributed by atoms with Gasteiger partial charge in [0, 0.05) is 13.0 Å². The summed E-state index contributed by atoms with van der Waals surface area (Å²) in [7, 11) is 0. The van der Waals surface area contributed by atoms with E-state index in [0.29, 0.717) is 12.8 Å². The first-order valence-electron chi connectivity index (χ1n) is 8.81. The van der Waals surface area contributed by atoms with Crippen LogP contribution < -0.4 is 0 Å². The zero-order chi connectivity index (χ0) is 17.9. The molecule has 0 aromatic heterocycles. The number of allylic oxidation sites excluding steroid dienone is 6. The summed E-state index contributed by atoms with van der Waals surface area (Å²) in [6, 6.07) is 0. The highest BCUT2D eigenvalue weighted by Crippen LogP contribution is 2.02. The zero-order valence-electron chi connectivity index (χ0n) is 14.5. The van der Waals surface area contributed by atoms with Crippen molar-refractivity contribution in [1.29, 1.82) is 0 Å². The Morgan fingerprint density at radius 2 is 1.62 bits per heavy atom. The van der Waals surface area contributed by atoms with Crippen LogP contribution in [0.2, 0.25) is 0 Å². The van der Waals surface area contributed by atoms with E-state index in [1.807, 2.05) is 36.5 Å². The third-order valence-corrected chi connectivity index (χ3v) is 3.35. The number of aliphatic carboxylic acids is 1. The second-order valence-corrected chi connectivity index (χ2v) is 5.65. The second-order valence-electron chi connectivity index (χ2n) is 5.65. The number of carboxylic acids is 1. The monoisotopic (exact) mass is 336 g/mol. The van der Waals surface area contributed by atoms with Crippen LogP contribution in [0.4, 0.5) is 0 Å². The lowest BCUT2D eigenvalue weighted by atomic mass is 10.1. The maximum Gasteiger partial charge on any atom is 0.303 e. The van der Waals surface area contributed by atoms with E-state index >= 15 is 0 Å². The van der Waals surface area contributed by atoms with E-state index in [2.05, 4.69) is 6.08 Å². The number of rotatable bonds is 15. The van der Waals surface area contributed by atoms with Crippen molar-refractivity contribution in [3.8, 4) is 0 Å². The highest BCUT2D eigenvalue weighted by molar-refractivity contribution is 5.66. The number of aliphatic hydroxyl groups is 2. The lowest BCUT2D eigenvalue weighted by molar-refractivity contribution is -0.137. The molecule has 0 rings (SSSR count). The van der Waals surface area contributed by atoms with Crippen molar-refractivity contribution in [2.24, 2.45) is 0 Å². The van der Waals surface area contributed by atoms with Gasteiger partial charge in [0.1, 0.15) is 0 Å². The van der Waals surface area contributed by atoms with E-state index in [-0.39, 0.29) is 13.0 Å². The average molecular weight is 336 g/mol. The first-order chi connectivity index (χ1) is 11.7. The van der Waals surface area contributed by atoms with Gasteiger partial charge in [-0.1, -0.05) is 55.0 Å². The SMILES string of the molecule is O=C(O)CCC/C=C\C/C=C\C=C\[C@@H](O)C/C=C\CCCCCO. The van der Waals surface area contributed by atoms with Crippen LogP contribution >= 0.6 is 0 Å². The van der Waals surface area contributed by atoms with Crippen LogP contribution in [0, 0.1) is 0 Å². The van der Waals surface area contributed by atoms with Crippen LogP contribution in [0.25, 0.3) is 0 Å². The van der Waals surface area contributed by atoms with Gasteiger partial charge in [0.05, 0.1) is 6.10 Å². The van der Waals surface area contributed by atoms with Crippen molar-refractivity contribution in [2.75, 3.05) is 6.61 Å². The summed E-state index contributed by atoms with van der Waals surface area (Å²) in [6.45, 7) is 0.265. The van der Waals surface area contributed by atoms with Crippen molar-refractivity contribution in [3.63, 3.8) is 0 Å². The third kappa shape index (κ3) is 18.4. The Balaban J connectivity index is 3.61. The summed E-state index contributed by atoms with van der Waals surface area (Å²) in [5.41, 5.74) is 0. The predicted molar refractivity (Wildman–Crippen MR) is 98.8 cm³/mol. The van der Waals surface area contributed by atoms with Crippen LogP contribution in [0.3, 0.4) is 0 Å². The molecule has 0 aliphatic carbocycles. The van der Waals surface area contributed by atoms with Crippen LogP contribution in [-0.2, 0) is 4.79 Å². The van der Waals surface area contributed by atoms with Gasteiger partial charge in [-0.3, -0.25) is 4.79 Å². The molecule has 0 spiro atoms. The van der Waals surface area contributed by atoms with E-state index in [1.165, 1.54) is 0 Å². The molecule has 0 aliphatic rings. The number of carboxylic acid groups (broad SMARTS) is 1. The van der Waals surface area contributed by atoms with Gasteiger partial charge >= 0.3 is 5.97 Å². The molecule has 0 unspecified atom stereocenters. The Morgan fingerprint density at radius 3 is 2.38 bits per heavy atom. The summed E-state index contributed by atoms with van der Waals surface area (Å²) < 4.78 is 0. The minimum absolute atomic E-state index is 0.220. The quantitative estimate of drug-likeness (QED) is 0.238. The van der Waals surface area contributed by atoms with Crippen LogP contribution in [0.5, 0.6) is 0 Å². The molecule has 0 saturated carbocycles. The summed E-state index contributed by atoms with van der Waals surface area (Å²) in [5.74, 6) is -0.747. The van der Waals surface area contributed by atoms with Gasteiger partial charge in [0.25, 0.3) is 0 Å². The molecule has 0 aromatic carbocycles. The molecule has 0 amide bonds. The third-order valence-electron chi connectivity index (χ3n) is 3.35. The Hall–Kier alpha value is -1.65. The minimum Gasteiger partial charge on any atom is -0.481 e. The molecule has 0 radical (unpaired) electrons. The fourth-order valence-electron chi connectivity index (χ4n) is 2.00. The molecule has 0 aliphatic heterocycles. The second kappa shape index (κ2) is 17.7. The fraction of sp³-hybridized carbons (Fsp3) is 0.550. The number of hydrogen-bond donors (Lipinski definition) is 3. The Morgan fingerprint density at radius 1 is 0.875 bits per heavy atom. The highest BCUT2D eigenvalue weighted by Gasteiger charge is 1.94. The number of unbranched alkanes of at least 4 members (excludes halogenated alkanes) is 4. The lowest BCUT2D eigenvalue weighted by Crippen LogP contribution is -1.98. The summed E-state index contributed by atoms with van der Waals surface area (Å²) >= 11 is 0. The lowest BCUT2D eigenvalue weighted by Gasteiger charge is -1.99. The van der Waals surface area contributed by atoms with Gasteiger partial charge in [0.15, 0.2) is 0 Å².